The van der Waals surface area contributed by atoms with Crippen molar-refractivity contribution in [2.75, 3.05) is 0 Å². The van der Waals surface area contributed by atoms with Crippen molar-refractivity contribution in [3.63, 3.8) is 0 Å². The van der Waals surface area contributed by atoms with Crippen LogP contribution in [-0.2, 0) is 9.36 Å². The van der Waals surface area contributed by atoms with Crippen LogP contribution in [0.5, 0.6) is 0 Å². The van der Waals surface area contributed by atoms with Crippen LogP contribution < -0.4 is 5.73 Å². The molecular weight excluding hydrogens is 221 g/mol. The minimum atomic E-state index is -3.57. The van der Waals surface area contributed by atoms with Crippen LogP contribution in [0.25, 0.3) is 0 Å². The number of carboxylic acids is 1. The van der Waals surface area contributed by atoms with E-state index in [4.69, 9.17) is 26.6 Å². The molecule has 0 bridgehead atoms. The minimum absolute atomic E-state index is 0.0208. The molecule has 0 aromatic carbocycles. The molecule has 7 nitrogen and oxygen atoms in total. The number of carboxylic acid groups (broad SMARTS) is 1. The first-order valence-electron chi connectivity index (χ1n) is 4.01. The fraction of sp³-hybridized carbons (Fsp3) is 0.571. The van der Waals surface area contributed by atoms with Crippen LogP contribution in [0.4, 0.5) is 0 Å². The van der Waals surface area contributed by atoms with Gasteiger partial charge in [-0.25, -0.2) is 0 Å². The van der Waals surface area contributed by atoms with Crippen LogP contribution in [0.15, 0.2) is 0 Å². The maximum absolute atomic E-state index is 10.0. The second-order valence-corrected chi connectivity index (χ2v) is 4.90. The van der Waals surface area contributed by atoms with Gasteiger partial charge in [0.1, 0.15) is 6.04 Å². The fourth-order valence-electron chi connectivity index (χ4n) is 0.322. The highest BCUT2D eigenvalue weighted by molar-refractivity contribution is 7.86. The molecule has 0 aromatic rings. The van der Waals surface area contributed by atoms with E-state index in [1.165, 1.54) is 0 Å². The summed E-state index contributed by atoms with van der Waals surface area (Å²) in [7, 11) is -3.57. The molecule has 0 saturated heterocycles. The quantitative estimate of drug-likeness (QED) is 0.357. The van der Waals surface area contributed by atoms with E-state index in [1.807, 2.05) is 0 Å². The Kier molecular flexibility index (Phi) is 7.95. The van der Waals surface area contributed by atoms with Crippen molar-refractivity contribution in [1.29, 1.82) is 10.8 Å². The first-order chi connectivity index (χ1) is 6.67. The minimum Gasteiger partial charge on any atom is -0.480 e. The zero-order chi connectivity index (χ0) is 12.6. The van der Waals surface area contributed by atoms with E-state index in [-0.39, 0.29) is 5.92 Å². The standard InChI is InChI=1S/C5H11NO2.C2H5N2O2P/c1-3(2)4(6)5(7)8;3-1-7(5,6)2-4/h3-4H,6H2,1-2H3,(H,7,8);1-4H,(H,5,6)/t4-;/m0./s1. The SMILES string of the molecule is CC(C)[C@H](N)C(=O)O.N=CP(=O)(O)C=N. The van der Waals surface area contributed by atoms with E-state index in [0.29, 0.717) is 11.9 Å². The predicted molar refractivity (Wildman–Crippen MR) is 57.8 cm³/mol. The van der Waals surface area contributed by atoms with E-state index in [0.717, 1.165) is 0 Å². The van der Waals surface area contributed by atoms with Gasteiger partial charge in [-0.15, -0.1) is 0 Å². The first-order valence-corrected chi connectivity index (χ1v) is 5.81. The van der Waals surface area contributed by atoms with E-state index in [1.54, 1.807) is 13.8 Å². The monoisotopic (exact) mass is 237 g/mol. The molecule has 0 aromatic heterocycles. The number of hydrogen-bond acceptors (Lipinski definition) is 5. The van der Waals surface area contributed by atoms with Gasteiger partial charge < -0.3 is 26.6 Å². The summed E-state index contributed by atoms with van der Waals surface area (Å²) in [6.45, 7) is 3.55. The molecule has 0 saturated carbocycles. The summed E-state index contributed by atoms with van der Waals surface area (Å²) in [4.78, 5) is 18.2. The summed E-state index contributed by atoms with van der Waals surface area (Å²) in [6.07, 6.45) is 0. The molecular formula is C7H16N3O4P. The number of rotatable bonds is 4. The Labute approximate surface area is 87.8 Å². The average molecular weight is 237 g/mol. The van der Waals surface area contributed by atoms with E-state index >= 15 is 0 Å². The summed E-state index contributed by atoms with van der Waals surface area (Å²) in [5.41, 5.74) is 5.16. The Morgan fingerprint density at radius 2 is 1.73 bits per heavy atom. The molecule has 0 fully saturated rings. The molecule has 6 N–H and O–H groups in total. The molecule has 0 spiro atoms. The van der Waals surface area contributed by atoms with E-state index < -0.39 is 19.4 Å². The van der Waals surface area contributed by atoms with Crippen molar-refractivity contribution in [3.8, 4) is 0 Å². The normalized spacial score (nSPS) is 15.5. The lowest BCUT2D eigenvalue weighted by Crippen LogP contribution is -2.34. The molecule has 0 amide bonds. The second kappa shape index (κ2) is 7.28. The highest BCUT2D eigenvalue weighted by atomic mass is 31.2. The van der Waals surface area contributed by atoms with Crippen LogP contribution >= 0.6 is 7.37 Å². The second-order valence-electron chi connectivity index (χ2n) is 3.04. The highest BCUT2D eigenvalue weighted by Gasteiger charge is 2.14. The van der Waals surface area contributed by atoms with Gasteiger partial charge in [0, 0.05) is 0 Å². The van der Waals surface area contributed by atoms with Crippen molar-refractivity contribution < 1.29 is 19.4 Å². The van der Waals surface area contributed by atoms with Crippen LogP contribution in [0, 0.1) is 16.7 Å². The van der Waals surface area contributed by atoms with Gasteiger partial charge in [0.15, 0.2) is 0 Å². The molecule has 88 valence electrons. The molecule has 8 heteroatoms. The third-order valence-corrected chi connectivity index (χ3v) is 2.11. The van der Waals surface area contributed by atoms with Gasteiger partial charge in [-0.05, 0) is 5.92 Å². The van der Waals surface area contributed by atoms with Gasteiger partial charge in [-0.3, -0.25) is 9.36 Å². The van der Waals surface area contributed by atoms with Gasteiger partial charge in [-0.2, -0.15) is 0 Å². The zero-order valence-electron chi connectivity index (χ0n) is 8.54. The Hall–Kier alpha value is -1.04. The molecule has 1 atom stereocenters. The molecule has 15 heavy (non-hydrogen) atoms. The lowest BCUT2D eigenvalue weighted by atomic mass is 10.1. The molecule has 0 unspecified atom stereocenters. The van der Waals surface area contributed by atoms with E-state index in [2.05, 4.69) is 0 Å². The van der Waals surface area contributed by atoms with Gasteiger partial charge in [0.2, 0.25) is 0 Å². The maximum atomic E-state index is 10.0. The predicted octanol–water partition coefficient (Wildman–Crippen LogP) is 0.525. The molecule has 0 radical (unpaired) electrons. The summed E-state index contributed by atoms with van der Waals surface area (Å²) >= 11 is 0. The average Bonchev–Trinajstić information content (AvgIpc) is 2.17. The molecule has 0 aliphatic carbocycles. The van der Waals surface area contributed by atoms with Crippen LogP contribution in [0.1, 0.15) is 13.8 Å². The van der Waals surface area contributed by atoms with Gasteiger partial charge >= 0.3 is 5.97 Å². The fourth-order valence-corrected chi connectivity index (χ4v) is 0.397. The third kappa shape index (κ3) is 9.27. The van der Waals surface area contributed by atoms with Crippen molar-refractivity contribution in [3.05, 3.63) is 0 Å². The Morgan fingerprint density at radius 3 is 1.73 bits per heavy atom. The lowest BCUT2D eigenvalue weighted by Gasteiger charge is -2.07. The summed E-state index contributed by atoms with van der Waals surface area (Å²) < 4.78 is 10.0. The number of nitrogens with two attached hydrogens (primary N) is 1. The van der Waals surface area contributed by atoms with E-state index in [9.17, 15) is 9.36 Å². The molecule has 0 rings (SSSR count). The topological polar surface area (TPSA) is 148 Å². The van der Waals surface area contributed by atoms with Crippen molar-refractivity contribution in [2.24, 2.45) is 11.7 Å². The summed E-state index contributed by atoms with van der Waals surface area (Å²) in [5, 5.41) is 20.7. The number of carbonyl (C=O) groups is 1. The largest absolute Gasteiger partial charge is 0.480 e. The lowest BCUT2D eigenvalue weighted by molar-refractivity contribution is -0.139. The summed E-state index contributed by atoms with van der Waals surface area (Å²) in [5.74, 6) is -0.188. The molecule has 0 aliphatic rings. The van der Waals surface area contributed by atoms with Crippen molar-refractivity contribution in [2.45, 2.75) is 19.9 Å². The maximum Gasteiger partial charge on any atom is 0.320 e. The Bertz CT molecular complexity index is 267. The van der Waals surface area contributed by atoms with Gasteiger partial charge in [-0.1, -0.05) is 13.8 Å². The third-order valence-electron chi connectivity index (χ3n) is 1.37. The van der Waals surface area contributed by atoms with Crippen LogP contribution in [0.2, 0.25) is 0 Å². The smallest absolute Gasteiger partial charge is 0.320 e. The van der Waals surface area contributed by atoms with Gasteiger partial charge in [0.05, 0.1) is 11.9 Å². The zero-order valence-corrected chi connectivity index (χ0v) is 9.44. The number of aliphatic carboxylic acids is 1. The number of nitrogens with one attached hydrogen (secondary N) is 2. The first kappa shape index (κ1) is 16.4. The van der Waals surface area contributed by atoms with Crippen LogP contribution in [0.3, 0.4) is 0 Å². The molecule has 0 heterocycles. The highest BCUT2D eigenvalue weighted by Crippen LogP contribution is 2.30. The van der Waals surface area contributed by atoms with Crippen molar-refractivity contribution >= 4 is 25.2 Å². The van der Waals surface area contributed by atoms with Crippen molar-refractivity contribution in [1.82, 2.24) is 0 Å². The molecule has 0 aliphatic heterocycles. The number of hydrogen-bond donors (Lipinski definition) is 5. The van der Waals surface area contributed by atoms with Crippen LogP contribution in [-0.4, -0.2) is 33.9 Å². The summed E-state index contributed by atoms with van der Waals surface area (Å²) in [6, 6.07) is -0.713. The Morgan fingerprint density at radius 1 is 1.40 bits per heavy atom. The van der Waals surface area contributed by atoms with Gasteiger partial charge in [0.25, 0.3) is 7.37 Å². The Balaban J connectivity index is 0.